The highest BCUT2D eigenvalue weighted by Gasteiger charge is 2.52. The van der Waals surface area contributed by atoms with Gasteiger partial charge in [-0.3, -0.25) is 5.10 Å². The Kier molecular flexibility index (Phi) is 4.11. The van der Waals surface area contributed by atoms with Crippen LogP contribution in [0, 0.1) is 11.3 Å². The average Bonchev–Trinajstić information content (AvgIpc) is 3.36. The molecule has 4 aromatic rings. The number of ether oxygens (including phenoxy) is 1. The third-order valence-electron chi connectivity index (χ3n) is 8.56. The number of H-pyrrole nitrogens is 1. The van der Waals surface area contributed by atoms with Crippen LogP contribution in [0.4, 0.5) is 0 Å². The quantitative estimate of drug-likeness (QED) is 0.397. The van der Waals surface area contributed by atoms with E-state index in [9.17, 15) is 0 Å². The molecule has 1 N–H and O–H groups in total. The summed E-state index contributed by atoms with van der Waals surface area (Å²) in [5.41, 5.74) is 7.58. The number of aromatic amines is 1. The highest BCUT2D eigenvalue weighted by atomic mass is 16.5. The second-order valence-electron chi connectivity index (χ2n) is 10.8. The molecule has 7 rings (SSSR count). The van der Waals surface area contributed by atoms with Crippen LogP contribution in [0.5, 0.6) is 0 Å². The first-order valence-corrected chi connectivity index (χ1v) is 12.4. The maximum absolute atomic E-state index is 5.78. The molecule has 0 bridgehead atoms. The summed E-state index contributed by atoms with van der Waals surface area (Å²) < 4.78 is 8.37. The molecule has 3 aliphatic rings. The van der Waals surface area contributed by atoms with Crippen LogP contribution in [0.3, 0.4) is 0 Å². The first-order valence-electron chi connectivity index (χ1n) is 12.4. The van der Waals surface area contributed by atoms with Crippen LogP contribution >= 0.6 is 0 Å². The Morgan fingerprint density at radius 1 is 1.00 bits per heavy atom. The number of aromatic nitrogens is 3. The first-order chi connectivity index (χ1) is 15.7. The van der Waals surface area contributed by atoms with Crippen LogP contribution in [0.2, 0.25) is 0 Å². The number of fused-ring (bicyclic) bond motifs is 2. The molecule has 32 heavy (non-hydrogen) atoms. The minimum absolute atomic E-state index is 0.555. The van der Waals surface area contributed by atoms with Gasteiger partial charge in [0.25, 0.3) is 0 Å². The molecule has 3 fully saturated rings. The van der Waals surface area contributed by atoms with Crippen LogP contribution < -0.4 is 0 Å². The minimum atomic E-state index is 0.555. The van der Waals surface area contributed by atoms with E-state index in [2.05, 4.69) is 64.2 Å². The second-order valence-corrected chi connectivity index (χ2v) is 10.8. The maximum Gasteiger partial charge on any atom is 0.0657 e. The van der Waals surface area contributed by atoms with Crippen molar-refractivity contribution >= 4 is 21.8 Å². The lowest BCUT2D eigenvalue weighted by Crippen LogP contribution is -2.45. The summed E-state index contributed by atoms with van der Waals surface area (Å²) in [7, 11) is 0. The molecule has 2 saturated carbocycles. The normalized spacial score (nSPS) is 28.3. The monoisotopic (exact) mass is 425 g/mol. The van der Waals surface area contributed by atoms with Crippen LogP contribution in [-0.4, -0.2) is 28.0 Å². The van der Waals surface area contributed by atoms with Crippen molar-refractivity contribution in [2.45, 2.75) is 57.3 Å². The van der Waals surface area contributed by atoms with Gasteiger partial charge in [0.15, 0.2) is 0 Å². The molecule has 164 valence electrons. The van der Waals surface area contributed by atoms with Gasteiger partial charge >= 0.3 is 0 Å². The van der Waals surface area contributed by atoms with Crippen molar-refractivity contribution in [3.63, 3.8) is 0 Å². The van der Waals surface area contributed by atoms with Crippen molar-refractivity contribution in [1.82, 2.24) is 14.8 Å². The van der Waals surface area contributed by atoms with Crippen molar-refractivity contribution < 1.29 is 4.74 Å². The topological polar surface area (TPSA) is 42.8 Å². The molecule has 0 radical (unpaired) electrons. The third kappa shape index (κ3) is 2.75. The van der Waals surface area contributed by atoms with Gasteiger partial charge < -0.3 is 9.30 Å². The van der Waals surface area contributed by atoms with E-state index in [1.54, 1.807) is 11.3 Å². The lowest BCUT2D eigenvalue weighted by atomic mass is 9.47. The number of rotatable bonds is 3. The van der Waals surface area contributed by atoms with E-state index >= 15 is 0 Å². The van der Waals surface area contributed by atoms with Crippen LogP contribution in [0.1, 0.15) is 68.5 Å². The Balaban J connectivity index is 1.48. The molecule has 2 aromatic heterocycles. The van der Waals surface area contributed by atoms with E-state index in [0.717, 1.165) is 37.5 Å². The molecule has 1 spiro atoms. The molecule has 4 heteroatoms. The summed E-state index contributed by atoms with van der Waals surface area (Å²) in [5.74, 6) is 2.15. The Morgan fingerprint density at radius 3 is 2.53 bits per heavy atom. The summed E-state index contributed by atoms with van der Waals surface area (Å²) in [6.07, 6.45) is 9.77. The zero-order valence-electron chi connectivity index (χ0n) is 18.8. The lowest BCUT2D eigenvalue weighted by molar-refractivity contribution is -0.0342. The smallest absolute Gasteiger partial charge is 0.0657 e. The van der Waals surface area contributed by atoms with Crippen LogP contribution in [0.25, 0.3) is 27.5 Å². The van der Waals surface area contributed by atoms with Gasteiger partial charge in [-0.25, -0.2) is 0 Å². The summed E-state index contributed by atoms with van der Waals surface area (Å²) in [4.78, 5) is 0. The van der Waals surface area contributed by atoms with E-state index in [0.29, 0.717) is 17.3 Å². The molecule has 0 amide bonds. The Hall–Kier alpha value is -2.59. The van der Waals surface area contributed by atoms with Crippen molar-refractivity contribution in [2.24, 2.45) is 11.3 Å². The predicted octanol–water partition coefficient (Wildman–Crippen LogP) is 6.69. The fourth-order valence-corrected chi connectivity index (χ4v) is 7.37. The Bertz CT molecular complexity index is 1280. The molecule has 2 aromatic carbocycles. The largest absolute Gasteiger partial charge is 0.381 e. The fourth-order valence-electron chi connectivity index (χ4n) is 7.37. The molecule has 0 atom stereocenters. The highest BCUT2D eigenvalue weighted by Crippen LogP contribution is 2.65. The predicted molar refractivity (Wildman–Crippen MR) is 129 cm³/mol. The second kappa shape index (κ2) is 6.95. The molecule has 4 nitrogen and oxygen atoms in total. The summed E-state index contributed by atoms with van der Waals surface area (Å²) in [5, 5.41) is 10.2. The summed E-state index contributed by atoms with van der Waals surface area (Å²) >= 11 is 0. The molecule has 2 aliphatic carbocycles. The van der Waals surface area contributed by atoms with Crippen molar-refractivity contribution in [3.8, 4) is 5.69 Å². The molecule has 1 aliphatic heterocycles. The van der Waals surface area contributed by atoms with Gasteiger partial charge in [0.2, 0.25) is 0 Å². The van der Waals surface area contributed by atoms with E-state index in [1.807, 2.05) is 6.20 Å². The number of para-hydroxylation sites is 1. The van der Waals surface area contributed by atoms with E-state index in [-0.39, 0.29) is 0 Å². The van der Waals surface area contributed by atoms with Crippen LogP contribution in [0.15, 0.2) is 48.7 Å². The van der Waals surface area contributed by atoms with E-state index in [4.69, 9.17) is 4.74 Å². The zero-order valence-corrected chi connectivity index (χ0v) is 18.8. The fraction of sp³-hybridized carbons (Fsp3) is 0.464. The van der Waals surface area contributed by atoms with Crippen molar-refractivity contribution in [3.05, 3.63) is 59.9 Å². The molecule has 3 heterocycles. The summed E-state index contributed by atoms with van der Waals surface area (Å²) in [6.45, 7) is 4.16. The average molecular weight is 426 g/mol. The van der Waals surface area contributed by atoms with E-state index in [1.165, 1.54) is 47.7 Å². The maximum atomic E-state index is 5.78. The standard InChI is InChI=1S/C28H31N3O/c1-18-13-28(14-18)15-21(16-28)26-23-12-24-20(17-29-30-24)11-25(23)31(22-5-3-2-4-6-22)27(26)19-7-9-32-10-8-19/h2-6,11-12,17-19,21H,7-10,13-16H2,1H3,(H,29,30). The van der Waals surface area contributed by atoms with Gasteiger partial charge in [-0.1, -0.05) is 25.1 Å². The SMILES string of the molecule is CC1CC2(C1)CC(c1c(C3CCOCC3)n(-c3ccccc3)c3cc4cn[nH]c4cc13)C2. The van der Waals surface area contributed by atoms with Gasteiger partial charge in [0.05, 0.1) is 17.2 Å². The van der Waals surface area contributed by atoms with Crippen molar-refractivity contribution in [1.29, 1.82) is 0 Å². The van der Waals surface area contributed by atoms with Gasteiger partial charge in [-0.2, -0.15) is 5.10 Å². The first kappa shape index (κ1) is 18.9. The molecule has 0 unspecified atom stereocenters. The number of benzene rings is 2. The number of hydrogen-bond acceptors (Lipinski definition) is 2. The summed E-state index contributed by atoms with van der Waals surface area (Å²) in [6, 6.07) is 15.7. The Morgan fingerprint density at radius 2 is 1.78 bits per heavy atom. The lowest BCUT2D eigenvalue weighted by Gasteiger charge is -2.57. The number of hydrogen-bond donors (Lipinski definition) is 1. The molecule has 1 saturated heterocycles. The van der Waals surface area contributed by atoms with Gasteiger partial charge in [-0.05, 0) is 85.6 Å². The molecular weight excluding hydrogens is 394 g/mol. The van der Waals surface area contributed by atoms with Crippen molar-refractivity contribution in [2.75, 3.05) is 13.2 Å². The van der Waals surface area contributed by atoms with Gasteiger partial charge in [0.1, 0.15) is 0 Å². The Labute approximate surface area is 189 Å². The number of nitrogens with one attached hydrogen (secondary N) is 1. The van der Waals surface area contributed by atoms with Gasteiger partial charge in [-0.15, -0.1) is 0 Å². The van der Waals surface area contributed by atoms with Crippen LogP contribution in [-0.2, 0) is 4.74 Å². The third-order valence-corrected chi connectivity index (χ3v) is 8.56. The zero-order chi connectivity index (χ0) is 21.3. The minimum Gasteiger partial charge on any atom is -0.381 e. The van der Waals surface area contributed by atoms with E-state index < -0.39 is 0 Å². The highest BCUT2D eigenvalue weighted by molar-refractivity contribution is 5.99. The number of nitrogens with zero attached hydrogens (tertiary/aromatic N) is 2. The molecular formula is C28H31N3O. The van der Waals surface area contributed by atoms with Gasteiger partial charge in [0, 0.05) is 41.3 Å².